The van der Waals surface area contributed by atoms with Gasteiger partial charge >= 0.3 is 6.18 Å². The first-order valence-electron chi connectivity index (χ1n) is 19.0. The fraction of sp³-hybridized carbons (Fsp3) is 0.0426. The number of hydrogen-bond donors (Lipinski definition) is 3. The van der Waals surface area contributed by atoms with Gasteiger partial charge in [0.15, 0.2) is 0 Å². The molecule has 0 unspecified atom stereocenters. The number of carbonyl (C=O) groups excluding carboxylic acids is 3. The van der Waals surface area contributed by atoms with Crippen LogP contribution >= 0.6 is 23.2 Å². The number of halogens is 6. The Hall–Kier alpha value is -7.95. The van der Waals surface area contributed by atoms with Crippen LogP contribution in [0.25, 0.3) is 66.1 Å². The number of aromatic nitrogens is 6. The molecule has 0 aliphatic heterocycles. The summed E-state index contributed by atoms with van der Waals surface area (Å²) in [5.41, 5.74) is 22.3. The van der Waals surface area contributed by atoms with Gasteiger partial charge in [-0.15, -0.1) is 0 Å². The van der Waals surface area contributed by atoms with E-state index in [1.807, 2.05) is 24.3 Å². The topological polar surface area (TPSA) is 207 Å². The Labute approximate surface area is 376 Å². The van der Waals surface area contributed by atoms with E-state index in [1.54, 1.807) is 49.6 Å². The van der Waals surface area contributed by atoms with Crippen molar-refractivity contribution in [2.24, 2.45) is 17.2 Å². The van der Waals surface area contributed by atoms with Crippen LogP contribution < -0.4 is 17.2 Å². The van der Waals surface area contributed by atoms with Crippen molar-refractivity contribution >= 4 is 73.6 Å². The molecule has 9 rings (SSSR count). The van der Waals surface area contributed by atoms with E-state index in [0.717, 1.165) is 34.2 Å². The van der Waals surface area contributed by atoms with Gasteiger partial charge in [0.05, 0.1) is 63.1 Å². The first-order valence-corrected chi connectivity index (χ1v) is 19.8. The van der Waals surface area contributed by atoms with E-state index < -0.39 is 35.3 Å². The molecule has 3 aromatic carbocycles. The SMILES string of the molecule is Cc1nc2cncc(-c3ccc(Cl)cc3)c2cc1C(N)=O.NC(=O)c1cnc2cncc(-c3ccc(C(F)(F)F)cc3)c2c1.NC(=O)c1cnc2cncc(-c3ccc(Cl)cc3F)c2c1. The number of carbonyl (C=O) groups is 3. The van der Waals surface area contributed by atoms with E-state index in [2.05, 4.69) is 29.9 Å². The zero-order valence-electron chi connectivity index (χ0n) is 33.6. The van der Waals surface area contributed by atoms with Crippen LogP contribution in [0, 0.1) is 12.7 Å². The molecule has 0 aliphatic rings. The summed E-state index contributed by atoms with van der Waals surface area (Å²) in [6, 6.07) is 21.4. The molecule has 6 N–H and O–H groups in total. The van der Waals surface area contributed by atoms with Gasteiger partial charge in [0.1, 0.15) is 5.82 Å². The fourth-order valence-electron chi connectivity index (χ4n) is 6.65. The van der Waals surface area contributed by atoms with Gasteiger partial charge < -0.3 is 17.2 Å². The van der Waals surface area contributed by atoms with Crippen molar-refractivity contribution in [1.29, 1.82) is 0 Å². The number of nitrogens with zero attached hydrogens (tertiary/aromatic N) is 6. The van der Waals surface area contributed by atoms with E-state index in [0.29, 0.717) is 65.4 Å². The maximum absolute atomic E-state index is 14.1. The van der Waals surface area contributed by atoms with Gasteiger partial charge in [-0.25, -0.2) is 4.39 Å². The van der Waals surface area contributed by atoms with Gasteiger partial charge in [-0.1, -0.05) is 47.5 Å². The predicted octanol–water partition coefficient (Wildman–Crippen LogP) is 9.96. The second-order valence-electron chi connectivity index (χ2n) is 14.1. The number of hydrogen-bond acceptors (Lipinski definition) is 9. The number of nitrogens with two attached hydrogens (primary N) is 3. The molecule has 0 saturated heterocycles. The van der Waals surface area contributed by atoms with Crippen molar-refractivity contribution in [3.63, 3.8) is 0 Å². The standard InChI is InChI=1S/C16H12ClN3O.C16H10F3N3O.C15H9ClFN3O/c1-9-12(16(18)21)6-13-14(7-19-8-15(13)20-9)10-2-4-11(17)5-3-10;17-16(18,19)11-3-1-9(2-4-11)13-7-21-8-14-12(13)5-10(6-22-14)15(20)23;16-9-1-2-10(13(17)4-9)12-6-19-7-14-11(12)3-8(5-20-14)15(18)21/h2-8H,1H3,(H2,18,21);1-8H,(H2,20,23);1-7H,(H2,18,21). The minimum absolute atomic E-state index is 0.219. The first-order chi connectivity index (χ1) is 31.0. The highest BCUT2D eigenvalue weighted by Gasteiger charge is 2.30. The predicted molar refractivity (Wildman–Crippen MR) is 240 cm³/mol. The zero-order valence-corrected chi connectivity index (χ0v) is 35.1. The third-order valence-electron chi connectivity index (χ3n) is 9.89. The molecule has 0 fully saturated rings. The average molecular weight is 917 g/mol. The Morgan fingerprint density at radius 2 is 0.985 bits per heavy atom. The summed E-state index contributed by atoms with van der Waals surface area (Å²) >= 11 is 11.7. The summed E-state index contributed by atoms with van der Waals surface area (Å²) in [4.78, 5) is 59.0. The smallest absolute Gasteiger partial charge is 0.366 e. The third-order valence-corrected chi connectivity index (χ3v) is 10.4. The second-order valence-corrected chi connectivity index (χ2v) is 15.0. The molecule has 324 valence electrons. The van der Waals surface area contributed by atoms with Gasteiger partial charge in [-0.05, 0) is 78.7 Å². The lowest BCUT2D eigenvalue weighted by molar-refractivity contribution is -0.137. The van der Waals surface area contributed by atoms with E-state index in [9.17, 15) is 31.9 Å². The van der Waals surface area contributed by atoms with Crippen LogP contribution in [-0.4, -0.2) is 47.6 Å². The quantitative estimate of drug-likeness (QED) is 0.136. The Morgan fingerprint density at radius 3 is 1.48 bits per heavy atom. The van der Waals surface area contributed by atoms with Crippen LogP contribution in [0.5, 0.6) is 0 Å². The first kappa shape index (κ1) is 45.1. The maximum atomic E-state index is 14.1. The normalized spacial score (nSPS) is 11.1. The van der Waals surface area contributed by atoms with Crippen LogP contribution in [0.3, 0.4) is 0 Å². The average Bonchev–Trinajstić information content (AvgIpc) is 3.28. The van der Waals surface area contributed by atoms with Crippen molar-refractivity contribution in [1.82, 2.24) is 29.9 Å². The fourth-order valence-corrected chi connectivity index (χ4v) is 6.94. The van der Waals surface area contributed by atoms with Gasteiger partial charge in [0.2, 0.25) is 11.8 Å². The second kappa shape index (κ2) is 18.8. The summed E-state index contributed by atoms with van der Waals surface area (Å²) in [6.45, 7) is 1.76. The number of amides is 3. The van der Waals surface area contributed by atoms with Gasteiger partial charge in [0, 0.05) is 79.4 Å². The molecule has 0 aliphatic carbocycles. The van der Waals surface area contributed by atoms with E-state index in [1.165, 1.54) is 55.4 Å². The largest absolute Gasteiger partial charge is 0.416 e. The van der Waals surface area contributed by atoms with E-state index in [-0.39, 0.29) is 11.1 Å². The van der Waals surface area contributed by atoms with E-state index in [4.69, 9.17) is 40.4 Å². The minimum Gasteiger partial charge on any atom is -0.366 e. The van der Waals surface area contributed by atoms with Gasteiger partial charge in [-0.3, -0.25) is 44.3 Å². The summed E-state index contributed by atoms with van der Waals surface area (Å²) in [6.07, 6.45) is 7.80. The molecule has 6 aromatic heterocycles. The minimum atomic E-state index is -4.39. The number of alkyl halides is 3. The lowest BCUT2D eigenvalue weighted by Crippen LogP contribution is -2.13. The lowest BCUT2D eigenvalue weighted by atomic mass is 10.0. The summed E-state index contributed by atoms with van der Waals surface area (Å²) in [5.74, 6) is -2.18. The van der Waals surface area contributed by atoms with Crippen molar-refractivity contribution in [3.05, 3.63) is 178 Å². The molecule has 12 nitrogen and oxygen atoms in total. The highest BCUT2D eigenvalue weighted by molar-refractivity contribution is 6.31. The Balaban J connectivity index is 0.000000146. The van der Waals surface area contributed by atoms with Crippen molar-refractivity contribution in [2.45, 2.75) is 13.1 Å². The molecule has 0 radical (unpaired) electrons. The highest BCUT2D eigenvalue weighted by Crippen LogP contribution is 2.34. The van der Waals surface area contributed by atoms with Crippen LogP contribution in [-0.2, 0) is 6.18 Å². The molecule has 18 heteroatoms. The van der Waals surface area contributed by atoms with Crippen molar-refractivity contribution < 1.29 is 31.9 Å². The van der Waals surface area contributed by atoms with Crippen LogP contribution in [0.1, 0.15) is 42.3 Å². The summed E-state index contributed by atoms with van der Waals surface area (Å²) in [7, 11) is 0. The monoisotopic (exact) mass is 915 g/mol. The molecule has 0 atom stereocenters. The summed E-state index contributed by atoms with van der Waals surface area (Å²) < 4.78 is 52.0. The third kappa shape index (κ3) is 10.1. The molecule has 0 spiro atoms. The Morgan fingerprint density at radius 1 is 0.523 bits per heavy atom. The number of primary amides is 3. The van der Waals surface area contributed by atoms with Crippen LogP contribution in [0.15, 0.2) is 135 Å². The van der Waals surface area contributed by atoms with Crippen molar-refractivity contribution in [2.75, 3.05) is 0 Å². The van der Waals surface area contributed by atoms with Crippen molar-refractivity contribution in [3.8, 4) is 33.4 Å². The Kier molecular flexibility index (Phi) is 13.0. The van der Waals surface area contributed by atoms with Crippen LogP contribution in [0.2, 0.25) is 10.0 Å². The number of pyridine rings is 6. The lowest BCUT2D eigenvalue weighted by Gasteiger charge is -2.09. The molecular weight excluding hydrogens is 885 g/mol. The van der Waals surface area contributed by atoms with Crippen LogP contribution in [0.4, 0.5) is 17.6 Å². The summed E-state index contributed by atoms with van der Waals surface area (Å²) in [5, 5.41) is 3.00. The maximum Gasteiger partial charge on any atom is 0.416 e. The number of rotatable bonds is 6. The number of fused-ring (bicyclic) bond motifs is 3. The molecule has 65 heavy (non-hydrogen) atoms. The van der Waals surface area contributed by atoms with Gasteiger partial charge in [0.25, 0.3) is 5.91 Å². The number of benzene rings is 3. The highest BCUT2D eigenvalue weighted by atomic mass is 35.5. The number of aryl methyl sites for hydroxylation is 1. The van der Waals surface area contributed by atoms with E-state index >= 15 is 0 Å². The van der Waals surface area contributed by atoms with Gasteiger partial charge in [-0.2, -0.15) is 13.2 Å². The molecule has 0 saturated carbocycles. The molecular formula is C47H31Cl2F4N9O3. The Bertz CT molecular complexity index is 3300. The molecule has 3 amide bonds. The molecule has 0 bridgehead atoms. The molecule has 9 aromatic rings. The zero-order chi connectivity index (χ0) is 46.6. The molecule has 6 heterocycles.